The van der Waals surface area contributed by atoms with E-state index < -0.39 is 10.1 Å². The molecule has 0 bridgehead atoms. The number of benzene rings is 2. The Balaban J connectivity index is 1.22. The molecule has 2 aromatic carbocycles. The van der Waals surface area contributed by atoms with Crippen molar-refractivity contribution in [2.75, 3.05) is 45.4 Å². The van der Waals surface area contributed by atoms with Crippen LogP contribution in [0.2, 0.25) is 0 Å². The van der Waals surface area contributed by atoms with Crippen LogP contribution < -0.4 is 9.47 Å². The van der Waals surface area contributed by atoms with Gasteiger partial charge in [-0.1, -0.05) is 56.9 Å². The van der Waals surface area contributed by atoms with Crippen molar-refractivity contribution in [2.24, 2.45) is 5.41 Å². The van der Waals surface area contributed by atoms with Crippen LogP contribution in [0.1, 0.15) is 58.3 Å². The van der Waals surface area contributed by atoms with E-state index in [4.69, 9.17) is 23.5 Å². The van der Waals surface area contributed by atoms with Crippen molar-refractivity contribution in [1.82, 2.24) is 0 Å². The van der Waals surface area contributed by atoms with Crippen LogP contribution in [0.3, 0.4) is 0 Å². The van der Waals surface area contributed by atoms with E-state index in [2.05, 4.69) is 31.2 Å². The fourth-order valence-electron chi connectivity index (χ4n) is 4.15. The van der Waals surface area contributed by atoms with Crippen LogP contribution in [0, 0.1) is 5.41 Å². The Morgan fingerprint density at radius 3 is 1.78 bits per heavy atom. The first kappa shape index (κ1) is 29.4. The molecule has 1 N–H and O–H groups in total. The van der Waals surface area contributed by atoms with Gasteiger partial charge in [0, 0.05) is 13.2 Å². The molecule has 2 aromatic rings. The van der Waals surface area contributed by atoms with Gasteiger partial charge in [0.25, 0.3) is 10.1 Å². The van der Waals surface area contributed by atoms with E-state index in [1.165, 1.54) is 0 Å². The fraction of sp³-hybridized carbons (Fsp3) is 0.586. The Bertz CT molecular complexity index is 994. The molecule has 1 heterocycles. The highest BCUT2D eigenvalue weighted by molar-refractivity contribution is 7.85. The summed E-state index contributed by atoms with van der Waals surface area (Å²) in [4.78, 5) is 0. The van der Waals surface area contributed by atoms with Gasteiger partial charge in [0.15, 0.2) is 0 Å². The van der Waals surface area contributed by atoms with Crippen LogP contribution in [-0.4, -0.2) is 58.4 Å². The molecule has 0 atom stereocenters. The predicted molar refractivity (Wildman–Crippen MR) is 146 cm³/mol. The summed E-state index contributed by atoms with van der Waals surface area (Å²) in [6, 6.07) is 16.5. The summed E-state index contributed by atoms with van der Waals surface area (Å²) < 4.78 is 52.5. The van der Waals surface area contributed by atoms with Crippen LogP contribution in [-0.2, 0) is 19.6 Å². The average molecular weight is 535 g/mol. The molecule has 3 rings (SSSR count). The predicted octanol–water partition coefficient (Wildman–Crippen LogP) is 6.17. The molecule has 1 aliphatic heterocycles. The summed E-state index contributed by atoms with van der Waals surface area (Å²) in [7, 11) is -3.87. The lowest BCUT2D eigenvalue weighted by atomic mass is 9.84. The first-order valence-electron chi connectivity index (χ1n) is 13.5. The summed E-state index contributed by atoms with van der Waals surface area (Å²) in [5.74, 6) is 1.55. The van der Waals surface area contributed by atoms with Crippen molar-refractivity contribution in [3.05, 3.63) is 48.5 Å². The highest BCUT2D eigenvalue weighted by atomic mass is 32.2. The van der Waals surface area contributed by atoms with Gasteiger partial charge < -0.3 is 18.9 Å². The molecule has 0 radical (unpaired) electrons. The molecule has 7 nitrogen and oxygen atoms in total. The summed E-state index contributed by atoms with van der Waals surface area (Å²) in [6.07, 6.45) is 7.96. The molecule has 8 heteroatoms. The summed E-state index contributed by atoms with van der Waals surface area (Å²) >= 11 is 0. The zero-order chi connectivity index (χ0) is 26.4. The van der Waals surface area contributed by atoms with Crippen molar-refractivity contribution in [1.29, 1.82) is 0 Å². The molecule has 0 spiro atoms. The molecule has 0 aliphatic carbocycles. The average Bonchev–Trinajstić information content (AvgIpc) is 2.86. The highest BCUT2D eigenvalue weighted by Crippen LogP contribution is 2.32. The van der Waals surface area contributed by atoms with Crippen molar-refractivity contribution < 1.29 is 31.9 Å². The van der Waals surface area contributed by atoms with Crippen molar-refractivity contribution in [3.63, 3.8) is 0 Å². The van der Waals surface area contributed by atoms with Crippen LogP contribution >= 0.6 is 0 Å². The monoisotopic (exact) mass is 534 g/mol. The van der Waals surface area contributed by atoms with Gasteiger partial charge in [-0.05, 0) is 61.1 Å². The zero-order valence-corrected chi connectivity index (χ0v) is 22.8. The van der Waals surface area contributed by atoms with Crippen molar-refractivity contribution >= 4 is 10.1 Å². The van der Waals surface area contributed by atoms with Crippen LogP contribution in [0.15, 0.2) is 48.5 Å². The smallest absolute Gasteiger partial charge is 0.264 e. The lowest BCUT2D eigenvalue weighted by molar-refractivity contribution is -0.133. The third kappa shape index (κ3) is 11.0. The van der Waals surface area contributed by atoms with Gasteiger partial charge >= 0.3 is 0 Å². The number of hydrogen-bond acceptors (Lipinski definition) is 6. The Morgan fingerprint density at radius 2 is 1.27 bits per heavy atom. The lowest BCUT2D eigenvalue weighted by Gasteiger charge is -2.40. The second kappa shape index (κ2) is 15.3. The molecule has 0 saturated carbocycles. The molecule has 1 fully saturated rings. The topological polar surface area (TPSA) is 91.3 Å². The Labute approximate surface area is 222 Å². The second-order valence-corrected chi connectivity index (χ2v) is 11.5. The minimum atomic E-state index is -3.87. The third-order valence-corrected chi connectivity index (χ3v) is 7.60. The molecule has 206 valence electrons. The number of ether oxygens (including phenoxy) is 4. The van der Waals surface area contributed by atoms with Gasteiger partial charge in [0.1, 0.15) is 11.5 Å². The molecule has 1 saturated heterocycles. The first-order chi connectivity index (χ1) is 17.9. The molecular formula is C29H42O7S. The highest BCUT2D eigenvalue weighted by Gasteiger charge is 2.37. The van der Waals surface area contributed by atoms with Gasteiger partial charge in [-0.15, -0.1) is 0 Å². The fourth-order valence-corrected chi connectivity index (χ4v) is 4.64. The van der Waals surface area contributed by atoms with E-state index in [1.54, 1.807) is 0 Å². The summed E-state index contributed by atoms with van der Waals surface area (Å²) in [6.45, 7) is 6.19. The van der Waals surface area contributed by atoms with E-state index >= 15 is 0 Å². The van der Waals surface area contributed by atoms with E-state index in [9.17, 15) is 8.42 Å². The maximum absolute atomic E-state index is 10.6. The lowest BCUT2D eigenvalue weighted by Crippen LogP contribution is -2.46. The largest absolute Gasteiger partial charge is 0.494 e. The van der Waals surface area contributed by atoms with Crippen LogP contribution in [0.25, 0.3) is 11.1 Å². The quantitative estimate of drug-likeness (QED) is 0.170. The van der Waals surface area contributed by atoms with Crippen molar-refractivity contribution in [3.8, 4) is 22.6 Å². The molecule has 0 amide bonds. The molecule has 0 aromatic heterocycles. The minimum absolute atomic E-state index is 0.184. The zero-order valence-electron chi connectivity index (χ0n) is 22.0. The van der Waals surface area contributed by atoms with Crippen LogP contribution in [0.5, 0.6) is 11.5 Å². The molecule has 1 aliphatic rings. The number of hydrogen-bond donors (Lipinski definition) is 1. The number of unbranched alkanes of at least 4 members (excludes halogenated alkanes) is 5. The first-order valence-corrected chi connectivity index (χ1v) is 15.1. The normalized spacial score (nSPS) is 14.8. The molecule has 0 unspecified atom stereocenters. The van der Waals surface area contributed by atoms with Crippen molar-refractivity contribution in [2.45, 2.75) is 58.3 Å². The minimum Gasteiger partial charge on any atom is -0.494 e. The third-order valence-electron chi connectivity index (χ3n) is 6.80. The Kier molecular flexibility index (Phi) is 12.2. The summed E-state index contributed by atoms with van der Waals surface area (Å²) in [5.41, 5.74) is 2.49. The number of rotatable bonds is 19. The maximum atomic E-state index is 10.6. The second-order valence-electron chi connectivity index (χ2n) is 9.91. The molecule has 37 heavy (non-hydrogen) atoms. The van der Waals surface area contributed by atoms with Gasteiger partial charge in [-0.3, -0.25) is 4.55 Å². The Morgan fingerprint density at radius 1 is 0.757 bits per heavy atom. The van der Waals surface area contributed by atoms with Gasteiger partial charge in [0.05, 0.1) is 37.6 Å². The van der Waals surface area contributed by atoms with E-state index in [0.29, 0.717) is 32.8 Å². The van der Waals surface area contributed by atoms with E-state index in [0.717, 1.165) is 80.8 Å². The summed E-state index contributed by atoms with van der Waals surface area (Å²) in [5, 5.41) is 0. The van der Waals surface area contributed by atoms with Gasteiger partial charge in [-0.2, -0.15) is 8.42 Å². The van der Waals surface area contributed by atoms with E-state index in [1.807, 2.05) is 24.3 Å². The Hall–Kier alpha value is -2.13. The SMILES string of the molecule is CCC1(COc2ccc(-c3ccc(OCCCCCCCCOCCCS(=O)(=O)O)cc3)cc2)COC1. The standard InChI is InChI=1S/C29H42O7S/c1-2-29(22-34-23-29)24-36-28-16-12-26(13-17-28)25-10-14-27(15-11-25)35-20-8-6-4-3-5-7-18-33-19-9-21-37(30,31)32/h10-17H,2-9,18-24H2,1H3,(H,30,31,32). The van der Waals surface area contributed by atoms with Gasteiger partial charge in [-0.25, -0.2) is 0 Å². The van der Waals surface area contributed by atoms with Gasteiger partial charge in [0.2, 0.25) is 0 Å². The molecular weight excluding hydrogens is 492 g/mol. The van der Waals surface area contributed by atoms with E-state index in [-0.39, 0.29) is 11.2 Å². The maximum Gasteiger partial charge on any atom is 0.264 e. The van der Waals surface area contributed by atoms with Crippen LogP contribution in [0.4, 0.5) is 0 Å².